The molecule has 0 radical (unpaired) electrons. The molecule has 1 aromatic carbocycles. The SMILES string of the molecule is COc1cc(C=C2SC(=O)NC2=O)c(N2CCC(NCCNC(=O)OC(C)C)C2)cc1OC. The van der Waals surface area contributed by atoms with Crippen LogP contribution in [-0.2, 0) is 9.53 Å². The van der Waals surface area contributed by atoms with Crippen LogP contribution in [0, 0.1) is 0 Å². The van der Waals surface area contributed by atoms with Crippen LogP contribution in [0.4, 0.5) is 15.3 Å². The van der Waals surface area contributed by atoms with Crippen LogP contribution in [0.2, 0.25) is 0 Å². The Bertz CT molecular complexity index is 936. The normalized spacial score (nSPS) is 19.2. The maximum Gasteiger partial charge on any atom is 0.407 e. The number of methoxy groups -OCH3 is 2. The highest BCUT2D eigenvalue weighted by molar-refractivity contribution is 8.18. The number of imide groups is 1. The Morgan fingerprint density at radius 2 is 1.97 bits per heavy atom. The molecule has 0 bridgehead atoms. The first-order valence-corrected chi connectivity index (χ1v) is 11.6. The van der Waals surface area contributed by atoms with Gasteiger partial charge in [0.1, 0.15) is 0 Å². The second-order valence-corrected chi connectivity index (χ2v) is 8.90. The van der Waals surface area contributed by atoms with E-state index in [0.29, 0.717) is 29.5 Å². The summed E-state index contributed by atoms with van der Waals surface area (Å²) in [4.78, 5) is 37.7. The van der Waals surface area contributed by atoms with Gasteiger partial charge in [-0.2, -0.15) is 0 Å². The molecule has 0 spiro atoms. The second-order valence-electron chi connectivity index (χ2n) is 7.88. The highest BCUT2D eigenvalue weighted by atomic mass is 32.2. The second kappa shape index (κ2) is 11.3. The van der Waals surface area contributed by atoms with Crippen molar-refractivity contribution in [1.29, 1.82) is 0 Å². The monoisotopic (exact) mass is 478 g/mol. The van der Waals surface area contributed by atoms with Crippen LogP contribution in [0.1, 0.15) is 25.8 Å². The lowest BCUT2D eigenvalue weighted by atomic mass is 10.1. The molecule has 11 heteroatoms. The first kappa shape index (κ1) is 24.7. The fourth-order valence-corrected chi connectivity index (χ4v) is 4.35. The van der Waals surface area contributed by atoms with Crippen LogP contribution in [0.15, 0.2) is 17.0 Å². The fraction of sp³-hybridized carbons (Fsp3) is 0.500. The molecule has 3 N–H and O–H groups in total. The van der Waals surface area contributed by atoms with E-state index in [9.17, 15) is 14.4 Å². The lowest BCUT2D eigenvalue weighted by Gasteiger charge is -2.23. The zero-order chi connectivity index (χ0) is 24.0. The van der Waals surface area contributed by atoms with Gasteiger partial charge in [-0.05, 0) is 44.2 Å². The van der Waals surface area contributed by atoms with E-state index < -0.39 is 12.0 Å². The molecular weight excluding hydrogens is 448 g/mol. The molecule has 3 amide bonds. The molecule has 10 nitrogen and oxygen atoms in total. The van der Waals surface area contributed by atoms with Gasteiger partial charge in [0.05, 0.1) is 25.2 Å². The van der Waals surface area contributed by atoms with Crippen molar-refractivity contribution in [3.63, 3.8) is 0 Å². The van der Waals surface area contributed by atoms with Crippen molar-refractivity contribution in [3.05, 3.63) is 22.6 Å². The third-order valence-corrected chi connectivity index (χ3v) is 5.97. The summed E-state index contributed by atoms with van der Waals surface area (Å²) >= 11 is 0.877. The van der Waals surface area contributed by atoms with Crippen LogP contribution in [0.25, 0.3) is 6.08 Å². The zero-order valence-electron chi connectivity index (χ0n) is 19.2. The Labute approximate surface area is 197 Å². The molecular formula is C22H30N4O6S. The van der Waals surface area contributed by atoms with Crippen molar-refractivity contribution in [2.45, 2.75) is 32.4 Å². The number of thioether (sulfide) groups is 1. The van der Waals surface area contributed by atoms with E-state index in [2.05, 4.69) is 20.9 Å². The highest BCUT2D eigenvalue weighted by Gasteiger charge is 2.28. The molecule has 1 aromatic rings. The number of nitrogens with one attached hydrogen (secondary N) is 3. The van der Waals surface area contributed by atoms with Gasteiger partial charge in [-0.25, -0.2) is 4.79 Å². The van der Waals surface area contributed by atoms with Crippen LogP contribution >= 0.6 is 11.8 Å². The van der Waals surface area contributed by atoms with Crippen molar-refractivity contribution in [1.82, 2.24) is 16.0 Å². The number of amides is 3. The largest absolute Gasteiger partial charge is 0.493 e. The number of hydrogen-bond acceptors (Lipinski definition) is 9. The van der Waals surface area contributed by atoms with Gasteiger partial charge in [0.25, 0.3) is 11.1 Å². The van der Waals surface area contributed by atoms with Crippen LogP contribution in [-0.4, -0.2) is 69.8 Å². The molecule has 33 heavy (non-hydrogen) atoms. The smallest absolute Gasteiger partial charge is 0.407 e. The van der Waals surface area contributed by atoms with Crippen molar-refractivity contribution < 1.29 is 28.6 Å². The van der Waals surface area contributed by atoms with Crippen LogP contribution in [0.5, 0.6) is 11.5 Å². The summed E-state index contributed by atoms with van der Waals surface area (Å²) in [6.45, 7) is 6.23. The van der Waals surface area contributed by atoms with Gasteiger partial charge in [0.15, 0.2) is 11.5 Å². The van der Waals surface area contributed by atoms with Gasteiger partial charge in [-0.3, -0.25) is 14.9 Å². The van der Waals surface area contributed by atoms with Crippen molar-refractivity contribution >= 4 is 40.8 Å². The van der Waals surface area contributed by atoms with Crippen molar-refractivity contribution in [2.24, 2.45) is 0 Å². The minimum Gasteiger partial charge on any atom is -0.493 e. The zero-order valence-corrected chi connectivity index (χ0v) is 20.0. The Morgan fingerprint density at radius 1 is 1.24 bits per heavy atom. The minimum atomic E-state index is -0.421. The number of carbonyl (C=O) groups is 3. The predicted molar refractivity (Wildman–Crippen MR) is 127 cm³/mol. The standard InChI is InChI=1S/C22H30N4O6S/c1-13(2)32-21(28)24-7-6-23-15-5-8-26(12-15)16-11-18(31-4)17(30-3)9-14(16)10-19-20(27)25-22(29)33-19/h9-11,13,15,23H,5-8,12H2,1-4H3,(H,24,28)(H,25,27,29). The highest BCUT2D eigenvalue weighted by Crippen LogP contribution is 2.39. The predicted octanol–water partition coefficient (Wildman–Crippen LogP) is 2.33. The minimum absolute atomic E-state index is 0.154. The molecule has 0 saturated carbocycles. The van der Waals surface area contributed by atoms with Gasteiger partial charge in [0, 0.05) is 49.5 Å². The first-order chi connectivity index (χ1) is 15.8. The topological polar surface area (TPSA) is 118 Å². The summed E-state index contributed by atoms with van der Waals surface area (Å²) in [5.41, 5.74) is 1.65. The summed E-state index contributed by atoms with van der Waals surface area (Å²) in [5.74, 6) is 0.713. The summed E-state index contributed by atoms with van der Waals surface area (Å²) < 4.78 is 16.0. The molecule has 2 heterocycles. The molecule has 3 rings (SSSR count). The van der Waals surface area contributed by atoms with Gasteiger partial charge < -0.3 is 29.7 Å². The first-order valence-electron chi connectivity index (χ1n) is 10.7. The van der Waals surface area contributed by atoms with Crippen LogP contribution in [0.3, 0.4) is 0 Å². The third kappa shape index (κ3) is 6.55. The molecule has 0 aromatic heterocycles. The molecule has 180 valence electrons. The summed E-state index contributed by atoms with van der Waals surface area (Å²) in [5, 5.41) is 8.07. The Hall–Kier alpha value is -2.92. The maximum absolute atomic E-state index is 12.1. The van der Waals surface area contributed by atoms with Gasteiger partial charge in [-0.1, -0.05) is 0 Å². The Morgan fingerprint density at radius 3 is 2.61 bits per heavy atom. The number of ether oxygens (including phenoxy) is 3. The van der Waals surface area contributed by atoms with E-state index in [1.54, 1.807) is 34.1 Å². The van der Waals surface area contributed by atoms with Crippen molar-refractivity contribution in [2.75, 3.05) is 45.3 Å². The number of benzene rings is 1. The van der Waals surface area contributed by atoms with E-state index in [1.807, 2.05) is 12.1 Å². The molecule has 1 atom stereocenters. The quantitative estimate of drug-likeness (QED) is 0.363. The molecule has 1 unspecified atom stereocenters. The summed E-state index contributed by atoms with van der Waals surface area (Å²) in [7, 11) is 3.13. The van der Waals surface area contributed by atoms with Crippen molar-refractivity contribution in [3.8, 4) is 11.5 Å². The Balaban J connectivity index is 1.69. The van der Waals surface area contributed by atoms with E-state index in [-0.39, 0.29) is 17.4 Å². The number of alkyl carbamates (subject to hydrolysis) is 1. The number of rotatable bonds is 9. The average Bonchev–Trinajstić information content (AvgIpc) is 3.36. The summed E-state index contributed by atoms with van der Waals surface area (Å²) in [6, 6.07) is 3.92. The van der Waals surface area contributed by atoms with Gasteiger partial charge in [-0.15, -0.1) is 0 Å². The number of nitrogens with zero attached hydrogens (tertiary/aromatic N) is 1. The summed E-state index contributed by atoms with van der Waals surface area (Å²) in [6.07, 6.45) is 2.04. The third-order valence-electron chi connectivity index (χ3n) is 5.16. The maximum atomic E-state index is 12.1. The molecule has 2 saturated heterocycles. The molecule has 0 aliphatic carbocycles. The lowest BCUT2D eigenvalue weighted by molar-refractivity contribution is -0.115. The van der Waals surface area contributed by atoms with Crippen LogP contribution < -0.4 is 30.3 Å². The molecule has 2 aliphatic rings. The number of anilines is 1. The van der Waals surface area contributed by atoms with E-state index in [4.69, 9.17) is 14.2 Å². The Kier molecular flexibility index (Phi) is 8.45. The van der Waals surface area contributed by atoms with Gasteiger partial charge >= 0.3 is 6.09 Å². The van der Waals surface area contributed by atoms with E-state index >= 15 is 0 Å². The average molecular weight is 479 g/mol. The number of carbonyl (C=O) groups excluding carboxylic acids is 3. The molecule has 2 fully saturated rings. The lowest BCUT2D eigenvalue weighted by Crippen LogP contribution is -2.39. The van der Waals surface area contributed by atoms with Gasteiger partial charge in [0.2, 0.25) is 0 Å². The van der Waals surface area contributed by atoms with E-state index in [0.717, 1.165) is 42.5 Å². The molecule has 2 aliphatic heterocycles. The fourth-order valence-electron chi connectivity index (χ4n) is 3.68. The van der Waals surface area contributed by atoms with E-state index in [1.165, 1.54) is 0 Å². The number of hydrogen-bond donors (Lipinski definition) is 3.